The lowest BCUT2D eigenvalue weighted by atomic mass is 10.4. The summed E-state index contributed by atoms with van der Waals surface area (Å²) in [5, 5.41) is -0.0687. The Morgan fingerprint density at radius 2 is 0.763 bits per heavy atom. The molecule has 23 nitrogen and oxygen atoms in total. The number of hydrogen-bond acceptors (Lipinski definition) is 23. The van der Waals surface area contributed by atoms with Crippen molar-refractivity contribution in [2.75, 3.05) is 0 Å². The molecule has 0 fully saturated rings. The van der Waals surface area contributed by atoms with Gasteiger partial charge in [0.1, 0.15) is 0 Å². The lowest BCUT2D eigenvalue weighted by Crippen LogP contribution is -3.08. The van der Waals surface area contributed by atoms with Crippen molar-refractivity contribution < 1.29 is 106 Å². The molecule has 0 amide bonds. The highest BCUT2D eigenvalue weighted by atomic mass is 30.4. The van der Waals surface area contributed by atoms with Crippen molar-refractivity contribution in [1.29, 1.82) is 0 Å². The fraction of sp³-hybridized carbons (Fsp3) is 0.143. The predicted molar refractivity (Wildman–Crippen MR) is 234 cm³/mol. The third-order valence-electron chi connectivity index (χ3n) is 7.95. The van der Waals surface area contributed by atoms with Crippen LogP contribution in [0, 0.1) is 0 Å². The minimum absolute atomic E-state index is 0.0344. The predicted octanol–water partition coefficient (Wildman–Crippen LogP) is -14.9. The van der Waals surface area contributed by atoms with Crippen LogP contribution < -0.4 is 10.4 Å². The van der Waals surface area contributed by atoms with Gasteiger partial charge in [-0.3, -0.25) is 0 Å². The van der Waals surface area contributed by atoms with Crippen molar-refractivity contribution in [3.05, 3.63) is 60.7 Å². The first kappa shape index (κ1) is 57.4. The van der Waals surface area contributed by atoms with Crippen LogP contribution in [0.1, 0.15) is 0 Å². The summed E-state index contributed by atoms with van der Waals surface area (Å²) in [7, 11) is -50.1. The summed E-state index contributed by atoms with van der Waals surface area (Å²) in [4.78, 5) is 184. The van der Waals surface area contributed by atoms with Crippen molar-refractivity contribution in [1.82, 2.24) is 0 Å². The fourth-order valence-electron chi connectivity index (χ4n) is 5.64. The van der Waals surface area contributed by atoms with Gasteiger partial charge in [-0.15, -0.1) is 0 Å². The Hall–Kier alpha value is 2.29. The van der Waals surface area contributed by atoms with E-state index >= 15 is 0 Å². The topological polar surface area (TPSA) is 388 Å². The van der Waals surface area contributed by atoms with E-state index in [1.165, 1.54) is 48.5 Å². The van der Waals surface area contributed by atoms with Gasteiger partial charge in [0, 0.05) is 0 Å². The lowest BCUT2D eigenvalue weighted by Gasteiger charge is -2.64. The molecule has 2 aromatic rings. The molecule has 314 valence electrons. The standard InChI is InChI=1S/C14H32O23Si22/c1-51(2,28)35-55(56(45-22,46-23)32-39-16,37-54(43-20,44-21)31-38-15)59(57(47-24,48-25)33-40-17,58(49-26,50-27)34-41-18)36-53(30,42-19)52(29,13-9-5-3-6-10-13)14-11-7-4-8-12-14/h3-12,15-30H,1-2H3. The molecule has 0 aliphatic rings. The maximum absolute atomic E-state index is 13.5. The van der Waals surface area contributed by atoms with Gasteiger partial charge in [-0.05, 0) is 23.5 Å². The molecule has 26 radical (unpaired) electrons. The monoisotopic (exact) mass is 1180 g/mol. The normalized spacial score (nSPS) is 15.9. The highest BCUT2D eigenvalue weighted by Gasteiger charge is 2.93. The third-order valence-corrected chi connectivity index (χ3v) is 166. The van der Waals surface area contributed by atoms with Gasteiger partial charge in [0.05, 0.1) is 0 Å². The maximum atomic E-state index is 13.5. The summed E-state index contributed by atoms with van der Waals surface area (Å²) < 4.78 is 43.8. The molecule has 0 aliphatic heterocycles. The molecule has 0 heterocycles. The van der Waals surface area contributed by atoms with Crippen LogP contribution in [0.15, 0.2) is 60.7 Å². The molecule has 2 aromatic carbocycles. The van der Waals surface area contributed by atoms with E-state index in [0.717, 1.165) is 13.1 Å². The molecule has 0 bridgehead atoms. The zero-order valence-corrected chi connectivity index (χ0v) is 51.8. The smallest absolute Gasteiger partial charge is 0.420 e. The van der Waals surface area contributed by atoms with E-state index in [1.54, 1.807) is 12.1 Å². The van der Waals surface area contributed by atoms with Gasteiger partial charge in [0.2, 0.25) is 69.4 Å². The van der Waals surface area contributed by atoms with Crippen LogP contribution in [-0.4, -0.2) is 267 Å². The highest BCUT2D eigenvalue weighted by molar-refractivity contribution is 8.15. The molecule has 2 rings (SSSR count). The van der Waals surface area contributed by atoms with Gasteiger partial charge in [-0.2, -0.15) is 0 Å². The van der Waals surface area contributed by atoms with Gasteiger partial charge in [0.25, 0.3) is 41.6 Å². The molecule has 0 aliphatic carbocycles. The van der Waals surface area contributed by atoms with Crippen LogP contribution in [0.25, 0.3) is 0 Å². The summed E-state index contributed by atoms with van der Waals surface area (Å²) in [5.41, 5.74) is 0. The SMILES string of the molecule is C[Si](C)(O)O[Si](O[Si](O[Si]O)([Si]O)[Si]O)([Si](O[Si]O)([Si]O)[Si]O)[Si](O[Si](O)([Si]O)[Si](O)(c1ccccc1)c1ccccc1)([Si](O[Si]O)([Si]O)[Si]O)[Si](O[Si]O)([Si]O)[Si]O. The van der Waals surface area contributed by atoms with Gasteiger partial charge >= 0.3 is 79.2 Å². The molecule has 0 saturated carbocycles. The van der Waals surface area contributed by atoms with E-state index in [9.17, 15) is 76.7 Å². The summed E-state index contributed by atoms with van der Waals surface area (Å²) >= 11 is 0. The van der Waals surface area contributed by atoms with Gasteiger partial charge in [-0.25, -0.2) is 0 Å². The molecule has 2 unspecified atom stereocenters. The van der Waals surface area contributed by atoms with Gasteiger partial charge < -0.3 is 106 Å². The molecule has 16 N–H and O–H groups in total. The molecule has 0 spiro atoms. The Labute approximate surface area is 376 Å². The summed E-state index contributed by atoms with van der Waals surface area (Å²) in [6, 6.07) is 14.6. The Kier molecular flexibility index (Phi) is 24.2. The van der Waals surface area contributed by atoms with E-state index in [1.807, 2.05) is 0 Å². The first-order valence-corrected chi connectivity index (χ1v) is 59.1. The maximum Gasteiger partial charge on any atom is 0.420 e. The number of benzene rings is 2. The zero-order valence-electron chi connectivity index (χ0n) is 29.8. The second-order valence-corrected chi connectivity index (χ2v) is 103. The third kappa shape index (κ3) is 11.0. The van der Waals surface area contributed by atoms with Crippen molar-refractivity contribution in [2.45, 2.75) is 13.1 Å². The molecule has 2 atom stereocenters. The van der Waals surface area contributed by atoms with Crippen molar-refractivity contribution in [3.8, 4) is 0 Å². The molecular weight excluding hydrogens is 1150 g/mol. The summed E-state index contributed by atoms with van der Waals surface area (Å²) in [6.45, 7) is -20.6. The molecule has 45 heteroatoms. The molecule has 0 aromatic heterocycles. The molecular formula is C14H32O23Si22. The van der Waals surface area contributed by atoms with Crippen molar-refractivity contribution >= 4 is 201 Å². The van der Waals surface area contributed by atoms with Crippen molar-refractivity contribution in [3.63, 3.8) is 0 Å². The van der Waals surface area contributed by atoms with E-state index in [4.69, 9.17) is 28.8 Å². The average molecular weight is 1190 g/mol. The van der Waals surface area contributed by atoms with E-state index in [0.29, 0.717) is 0 Å². The Bertz CT molecular complexity index is 1450. The Morgan fingerprint density at radius 1 is 0.407 bits per heavy atom. The quantitative estimate of drug-likeness (QED) is 0.0323. The minimum Gasteiger partial charge on any atom is -0.436 e. The summed E-state index contributed by atoms with van der Waals surface area (Å²) in [6.07, 6.45) is 0. The van der Waals surface area contributed by atoms with Crippen LogP contribution >= 0.6 is 0 Å². The first-order chi connectivity index (χ1) is 27.9. The second-order valence-electron chi connectivity index (χ2n) is 11.6. The first-order valence-electron chi connectivity index (χ1n) is 15.3. The van der Waals surface area contributed by atoms with Crippen LogP contribution in [0.5, 0.6) is 0 Å². The number of rotatable bonds is 30. The van der Waals surface area contributed by atoms with E-state index in [2.05, 4.69) is 0 Å². The van der Waals surface area contributed by atoms with Crippen LogP contribution in [0.4, 0.5) is 0 Å². The number of hydrogen-bond donors (Lipinski definition) is 16. The van der Waals surface area contributed by atoms with Crippen LogP contribution in [0.2, 0.25) is 13.1 Å². The zero-order chi connectivity index (χ0) is 44.9. The minimum atomic E-state index is -6.34. The fourth-order valence-corrected chi connectivity index (χ4v) is 268. The highest BCUT2D eigenvalue weighted by Crippen LogP contribution is 2.46. The molecule has 0 saturated heterocycles. The van der Waals surface area contributed by atoms with Crippen LogP contribution in [0.3, 0.4) is 0 Å². The van der Waals surface area contributed by atoms with E-state index in [-0.39, 0.29) is 10.4 Å². The Morgan fingerprint density at radius 3 is 1.05 bits per heavy atom. The molecule has 59 heavy (non-hydrogen) atoms. The average Bonchev–Trinajstić information content (AvgIpc) is 3.25. The summed E-state index contributed by atoms with van der Waals surface area (Å²) in [5.74, 6) is 0. The Balaban J connectivity index is 3.87. The van der Waals surface area contributed by atoms with E-state index < -0.39 is 190 Å². The van der Waals surface area contributed by atoms with Crippen LogP contribution in [-0.2, 0) is 28.8 Å². The lowest BCUT2D eigenvalue weighted by molar-refractivity contribution is 0.303. The van der Waals surface area contributed by atoms with Crippen molar-refractivity contribution in [2.24, 2.45) is 0 Å². The van der Waals surface area contributed by atoms with Gasteiger partial charge in [-0.1, -0.05) is 60.7 Å². The largest absolute Gasteiger partial charge is 0.436 e. The van der Waals surface area contributed by atoms with Gasteiger partial charge in [0.15, 0.2) is 0 Å². The second kappa shape index (κ2) is 24.9.